The third kappa shape index (κ3) is 3.29. The van der Waals surface area contributed by atoms with Crippen molar-refractivity contribution in [2.75, 3.05) is 13.1 Å². The number of hydrogen-bond donors (Lipinski definition) is 2. The summed E-state index contributed by atoms with van der Waals surface area (Å²) in [4.78, 5) is 24.9. The van der Waals surface area contributed by atoms with Crippen LogP contribution >= 0.6 is 11.6 Å². The van der Waals surface area contributed by atoms with E-state index in [0.29, 0.717) is 18.1 Å². The van der Waals surface area contributed by atoms with Gasteiger partial charge in [-0.05, 0) is 26.0 Å². The van der Waals surface area contributed by atoms with Gasteiger partial charge in [-0.25, -0.2) is 4.79 Å². The summed E-state index contributed by atoms with van der Waals surface area (Å²) in [6.07, 6.45) is 0. The average Bonchev–Trinajstić information content (AvgIpc) is 2.84. The van der Waals surface area contributed by atoms with Crippen LogP contribution in [0.5, 0.6) is 0 Å². The number of halogens is 1. The third-order valence-electron chi connectivity index (χ3n) is 3.49. The molecule has 1 aliphatic rings. The van der Waals surface area contributed by atoms with E-state index < -0.39 is 0 Å². The van der Waals surface area contributed by atoms with E-state index in [9.17, 15) is 9.59 Å². The van der Waals surface area contributed by atoms with Gasteiger partial charge >= 0.3 is 6.03 Å². The summed E-state index contributed by atoms with van der Waals surface area (Å²) in [5, 5.41) is 5.28. The number of carbonyl (C=O) groups is 2. The van der Waals surface area contributed by atoms with Crippen LogP contribution in [-0.4, -0.2) is 36.0 Å². The number of nitrogens with one attached hydrogen (secondary N) is 1. The zero-order valence-corrected chi connectivity index (χ0v) is 12.4. The van der Waals surface area contributed by atoms with Gasteiger partial charge in [-0.3, -0.25) is 9.69 Å². The molecule has 2 atom stereocenters. The molecule has 20 heavy (non-hydrogen) atoms. The van der Waals surface area contributed by atoms with E-state index in [0.717, 1.165) is 5.56 Å². The first kappa shape index (κ1) is 14.8. The fraction of sp³-hybridized carbons (Fsp3) is 0.429. The van der Waals surface area contributed by atoms with E-state index in [-0.39, 0.29) is 24.0 Å². The van der Waals surface area contributed by atoms with E-state index in [1.54, 1.807) is 0 Å². The Bertz CT molecular complexity index is 504. The maximum absolute atomic E-state index is 12.2. The molecule has 0 unspecified atom stereocenters. The molecule has 0 aliphatic carbocycles. The zero-order valence-electron chi connectivity index (χ0n) is 11.6. The highest BCUT2D eigenvalue weighted by Gasteiger charge is 2.32. The first-order chi connectivity index (χ1) is 9.49. The van der Waals surface area contributed by atoms with Crippen LogP contribution in [0, 0.1) is 0 Å². The van der Waals surface area contributed by atoms with Crippen molar-refractivity contribution in [2.24, 2.45) is 0 Å². The molecule has 0 aromatic heterocycles. The number of rotatable bonds is 4. The van der Waals surface area contributed by atoms with Crippen LogP contribution in [0.25, 0.3) is 0 Å². The molecule has 3 N–H and O–H groups in total. The Morgan fingerprint density at radius 1 is 1.35 bits per heavy atom. The number of quaternary nitrogens is 1. The van der Waals surface area contributed by atoms with Crippen molar-refractivity contribution in [2.45, 2.75) is 25.9 Å². The van der Waals surface area contributed by atoms with Crippen LogP contribution in [0.15, 0.2) is 24.3 Å². The molecule has 6 heteroatoms. The SMILES string of the molecule is C[C@H]([NH2+][C@@H](C)c1ccc(Cl)cc1)C(=O)N1CCNC1=O. The van der Waals surface area contributed by atoms with E-state index in [1.165, 1.54) is 4.90 Å². The van der Waals surface area contributed by atoms with Crippen molar-refractivity contribution in [1.82, 2.24) is 10.2 Å². The van der Waals surface area contributed by atoms with Crippen LogP contribution in [0.4, 0.5) is 4.79 Å². The summed E-state index contributed by atoms with van der Waals surface area (Å²) < 4.78 is 0. The Labute approximate surface area is 123 Å². The normalized spacial score (nSPS) is 17.8. The molecule has 0 spiro atoms. The first-order valence-electron chi connectivity index (χ1n) is 6.68. The largest absolute Gasteiger partial charge is 0.336 e. The first-order valence-corrected chi connectivity index (χ1v) is 7.06. The van der Waals surface area contributed by atoms with Gasteiger partial charge in [0.05, 0.1) is 0 Å². The Morgan fingerprint density at radius 2 is 2.00 bits per heavy atom. The molecule has 0 saturated carbocycles. The van der Waals surface area contributed by atoms with Crippen LogP contribution in [0.3, 0.4) is 0 Å². The second kappa shape index (κ2) is 6.24. The topological polar surface area (TPSA) is 66.0 Å². The minimum atomic E-state index is -0.301. The minimum Gasteiger partial charge on any atom is -0.336 e. The second-order valence-electron chi connectivity index (χ2n) is 5.04. The Morgan fingerprint density at radius 3 is 2.55 bits per heavy atom. The molecule has 5 nitrogen and oxygen atoms in total. The molecule has 0 radical (unpaired) electrons. The lowest BCUT2D eigenvalue weighted by molar-refractivity contribution is -0.710. The quantitative estimate of drug-likeness (QED) is 0.867. The van der Waals surface area contributed by atoms with Crippen LogP contribution in [-0.2, 0) is 4.79 Å². The number of nitrogens with zero attached hydrogens (tertiary/aromatic N) is 1. The van der Waals surface area contributed by atoms with Crippen molar-refractivity contribution in [3.63, 3.8) is 0 Å². The van der Waals surface area contributed by atoms with E-state index in [4.69, 9.17) is 11.6 Å². The second-order valence-corrected chi connectivity index (χ2v) is 5.48. The summed E-state index contributed by atoms with van der Waals surface area (Å²) in [6, 6.07) is 7.09. The Kier molecular flexibility index (Phi) is 4.62. The average molecular weight is 297 g/mol. The molecular weight excluding hydrogens is 278 g/mol. The van der Waals surface area contributed by atoms with Crippen molar-refractivity contribution >= 4 is 23.5 Å². The number of hydrogen-bond acceptors (Lipinski definition) is 2. The molecule has 1 aliphatic heterocycles. The van der Waals surface area contributed by atoms with Crippen molar-refractivity contribution in [3.05, 3.63) is 34.9 Å². The van der Waals surface area contributed by atoms with Gasteiger partial charge in [0, 0.05) is 23.7 Å². The van der Waals surface area contributed by atoms with Crippen LogP contribution in [0.1, 0.15) is 25.5 Å². The van der Waals surface area contributed by atoms with Crippen molar-refractivity contribution < 1.29 is 14.9 Å². The van der Waals surface area contributed by atoms with Crippen LogP contribution in [0.2, 0.25) is 5.02 Å². The summed E-state index contributed by atoms with van der Waals surface area (Å²) in [7, 11) is 0. The van der Waals surface area contributed by atoms with Gasteiger partial charge in [0.1, 0.15) is 6.04 Å². The molecular formula is C14H19ClN3O2+. The molecule has 0 bridgehead atoms. The standard InChI is InChI=1S/C14H18ClN3O2/c1-9(11-3-5-12(15)6-4-11)17-10(2)13(19)18-8-7-16-14(18)20/h3-6,9-10,17H,7-8H2,1-2H3,(H,16,20)/p+1/t9-,10-/m0/s1. The van der Waals surface area contributed by atoms with E-state index in [1.807, 2.05) is 43.4 Å². The van der Waals surface area contributed by atoms with Gasteiger partial charge in [0.25, 0.3) is 5.91 Å². The van der Waals surface area contributed by atoms with Crippen molar-refractivity contribution in [3.8, 4) is 0 Å². The lowest BCUT2D eigenvalue weighted by Gasteiger charge is -2.20. The van der Waals surface area contributed by atoms with Gasteiger partial charge in [-0.2, -0.15) is 0 Å². The molecule has 1 aromatic carbocycles. The number of nitrogens with two attached hydrogens (primary N) is 1. The highest BCUT2D eigenvalue weighted by atomic mass is 35.5. The summed E-state index contributed by atoms with van der Waals surface area (Å²) in [5.74, 6) is -0.152. The lowest BCUT2D eigenvalue weighted by Crippen LogP contribution is -2.92. The molecule has 1 aromatic rings. The minimum absolute atomic E-state index is 0.122. The predicted octanol–water partition coefficient (Wildman–Crippen LogP) is 0.905. The summed E-state index contributed by atoms with van der Waals surface area (Å²) >= 11 is 5.86. The van der Waals surface area contributed by atoms with Gasteiger partial charge in [0.15, 0.2) is 6.04 Å². The van der Waals surface area contributed by atoms with Gasteiger partial charge in [0.2, 0.25) is 0 Å². The molecule has 1 saturated heterocycles. The number of benzene rings is 1. The number of urea groups is 1. The molecule has 1 fully saturated rings. The van der Waals surface area contributed by atoms with Crippen LogP contribution < -0.4 is 10.6 Å². The lowest BCUT2D eigenvalue weighted by atomic mass is 10.1. The Hall–Kier alpha value is -1.59. The van der Waals surface area contributed by atoms with Gasteiger partial charge in [-0.1, -0.05) is 23.7 Å². The van der Waals surface area contributed by atoms with Gasteiger partial charge < -0.3 is 10.6 Å². The molecule has 2 rings (SSSR count). The highest BCUT2D eigenvalue weighted by Crippen LogP contribution is 2.13. The van der Waals surface area contributed by atoms with E-state index in [2.05, 4.69) is 5.32 Å². The third-order valence-corrected chi connectivity index (χ3v) is 3.74. The molecule has 1 heterocycles. The van der Waals surface area contributed by atoms with Gasteiger partial charge in [-0.15, -0.1) is 0 Å². The predicted molar refractivity (Wildman–Crippen MR) is 76.4 cm³/mol. The molecule has 108 valence electrons. The Balaban J connectivity index is 1.96. The smallest absolute Gasteiger partial charge is 0.324 e. The summed E-state index contributed by atoms with van der Waals surface area (Å²) in [6.45, 7) is 4.83. The number of imide groups is 1. The monoisotopic (exact) mass is 296 g/mol. The number of amides is 3. The summed E-state index contributed by atoms with van der Waals surface area (Å²) in [5.41, 5.74) is 1.10. The highest BCUT2D eigenvalue weighted by molar-refractivity contribution is 6.30. The number of carbonyl (C=O) groups excluding carboxylic acids is 2. The van der Waals surface area contributed by atoms with E-state index >= 15 is 0 Å². The van der Waals surface area contributed by atoms with Crippen molar-refractivity contribution in [1.29, 1.82) is 0 Å². The molecule has 3 amide bonds. The fourth-order valence-corrected chi connectivity index (χ4v) is 2.45. The fourth-order valence-electron chi connectivity index (χ4n) is 2.32. The maximum atomic E-state index is 12.2. The zero-order chi connectivity index (χ0) is 14.7. The maximum Gasteiger partial charge on any atom is 0.324 e.